The second-order valence-corrected chi connectivity index (χ2v) is 7.87. The first-order valence-corrected chi connectivity index (χ1v) is 9.17. The molecule has 22 heavy (non-hydrogen) atoms. The fraction of sp³-hybridized carbons (Fsp3) is 0.562. The molecule has 0 unspecified atom stereocenters. The molecule has 0 atom stereocenters. The summed E-state index contributed by atoms with van der Waals surface area (Å²) < 4.78 is 27.5. The fourth-order valence-corrected chi connectivity index (χ4v) is 4.30. The van der Waals surface area contributed by atoms with Gasteiger partial charge in [0.05, 0.1) is 4.90 Å². The van der Waals surface area contributed by atoms with E-state index in [2.05, 4.69) is 5.32 Å². The van der Waals surface area contributed by atoms with E-state index in [0.29, 0.717) is 30.3 Å². The number of carbonyl (C=O) groups excluding carboxylic acids is 1. The molecule has 1 N–H and O–H groups in total. The van der Waals surface area contributed by atoms with E-state index in [1.165, 1.54) is 6.92 Å². The predicted molar refractivity (Wildman–Crippen MR) is 87.3 cm³/mol. The summed E-state index contributed by atoms with van der Waals surface area (Å²) in [6.45, 7) is 6.30. The number of nitrogens with one attached hydrogen (secondary N) is 1. The van der Waals surface area contributed by atoms with Crippen molar-refractivity contribution in [3.8, 4) is 0 Å². The minimum atomic E-state index is -3.53. The van der Waals surface area contributed by atoms with Crippen LogP contribution in [0.3, 0.4) is 0 Å². The Morgan fingerprint density at radius 2 is 2.05 bits per heavy atom. The first-order chi connectivity index (χ1) is 10.3. The lowest BCUT2D eigenvalue weighted by atomic mass is 10.2. The van der Waals surface area contributed by atoms with Crippen molar-refractivity contribution in [2.75, 3.05) is 18.4 Å². The van der Waals surface area contributed by atoms with Gasteiger partial charge in [0, 0.05) is 25.7 Å². The summed E-state index contributed by atoms with van der Waals surface area (Å²) in [5.74, 6) is 0.288. The van der Waals surface area contributed by atoms with E-state index in [1.54, 1.807) is 29.4 Å². The van der Waals surface area contributed by atoms with Crippen molar-refractivity contribution in [3.05, 3.63) is 23.8 Å². The molecule has 0 aliphatic heterocycles. The van der Waals surface area contributed by atoms with Gasteiger partial charge in [-0.2, -0.15) is 4.31 Å². The molecule has 1 aliphatic carbocycles. The monoisotopic (exact) mass is 324 g/mol. The Kier molecular flexibility index (Phi) is 5.24. The van der Waals surface area contributed by atoms with E-state index in [0.717, 1.165) is 19.3 Å². The van der Waals surface area contributed by atoms with Gasteiger partial charge < -0.3 is 5.32 Å². The van der Waals surface area contributed by atoms with E-state index < -0.39 is 10.0 Å². The number of hydrogen-bond acceptors (Lipinski definition) is 3. The van der Waals surface area contributed by atoms with Crippen LogP contribution in [0.25, 0.3) is 0 Å². The van der Waals surface area contributed by atoms with Gasteiger partial charge in [0.25, 0.3) is 0 Å². The highest BCUT2D eigenvalue weighted by Crippen LogP contribution is 2.32. The van der Waals surface area contributed by atoms with Crippen molar-refractivity contribution in [1.82, 2.24) is 4.31 Å². The normalized spacial score (nSPS) is 15.1. The molecule has 0 aromatic heterocycles. The molecule has 122 valence electrons. The molecule has 1 aromatic rings. The van der Waals surface area contributed by atoms with Crippen molar-refractivity contribution in [2.45, 2.75) is 44.9 Å². The lowest BCUT2D eigenvalue weighted by molar-refractivity contribution is -0.114. The Morgan fingerprint density at radius 1 is 1.36 bits per heavy atom. The Morgan fingerprint density at radius 3 is 2.59 bits per heavy atom. The summed E-state index contributed by atoms with van der Waals surface area (Å²) >= 11 is 0. The molecule has 1 amide bonds. The van der Waals surface area contributed by atoms with Gasteiger partial charge in [-0.05, 0) is 49.8 Å². The molecule has 0 heterocycles. The fourth-order valence-electron chi connectivity index (χ4n) is 2.45. The zero-order valence-corrected chi connectivity index (χ0v) is 14.2. The summed E-state index contributed by atoms with van der Waals surface area (Å²) in [7, 11) is -3.53. The molecular weight excluding hydrogens is 300 g/mol. The summed E-state index contributed by atoms with van der Waals surface area (Å²) in [5.41, 5.74) is 1.21. The van der Waals surface area contributed by atoms with Crippen LogP contribution in [0.2, 0.25) is 0 Å². The Balaban J connectivity index is 2.34. The van der Waals surface area contributed by atoms with Crippen LogP contribution in [0.15, 0.2) is 23.1 Å². The van der Waals surface area contributed by atoms with Crippen molar-refractivity contribution < 1.29 is 13.2 Å². The minimum Gasteiger partial charge on any atom is -0.326 e. The van der Waals surface area contributed by atoms with Gasteiger partial charge in [0.15, 0.2) is 0 Å². The summed E-state index contributed by atoms with van der Waals surface area (Å²) in [6.07, 6.45) is 3.01. The number of anilines is 1. The predicted octanol–water partition coefficient (Wildman–Crippen LogP) is 2.76. The lowest BCUT2D eigenvalue weighted by Gasteiger charge is -2.23. The molecule has 0 radical (unpaired) electrons. The SMILES string of the molecule is CCCN(CC1CC1)S(=O)(=O)c1cc(NC(C)=O)ccc1C. The molecule has 0 spiro atoms. The maximum absolute atomic E-state index is 13.0. The number of sulfonamides is 1. The van der Waals surface area contributed by atoms with Crippen LogP contribution < -0.4 is 5.32 Å². The average molecular weight is 324 g/mol. The van der Waals surface area contributed by atoms with Crippen LogP contribution in [0.5, 0.6) is 0 Å². The first-order valence-electron chi connectivity index (χ1n) is 7.73. The quantitative estimate of drug-likeness (QED) is 0.838. The summed E-state index contributed by atoms with van der Waals surface area (Å²) in [6, 6.07) is 5.02. The topological polar surface area (TPSA) is 66.5 Å². The first kappa shape index (κ1) is 17.0. The van der Waals surface area contributed by atoms with Gasteiger partial charge in [-0.3, -0.25) is 4.79 Å². The zero-order chi connectivity index (χ0) is 16.3. The molecular formula is C16H24N2O3S. The highest BCUT2D eigenvalue weighted by molar-refractivity contribution is 7.89. The highest BCUT2D eigenvalue weighted by atomic mass is 32.2. The van der Waals surface area contributed by atoms with E-state index in [1.807, 2.05) is 6.92 Å². The molecule has 1 saturated carbocycles. The number of amides is 1. The smallest absolute Gasteiger partial charge is 0.243 e. The molecule has 6 heteroatoms. The third-order valence-electron chi connectivity index (χ3n) is 3.76. The van der Waals surface area contributed by atoms with Crippen LogP contribution >= 0.6 is 0 Å². The summed E-state index contributed by atoms with van der Waals surface area (Å²) in [5, 5.41) is 2.65. The second kappa shape index (κ2) is 6.79. The Labute approximate surface area is 132 Å². The molecule has 1 fully saturated rings. The molecule has 0 bridgehead atoms. The molecule has 1 aromatic carbocycles. The van der Waals surface area contributed by atoms with Crippen LogP contribution in [0.1, 0.15) is 38.7 Å². The van der Waals surface area contributed by atoms with Gasteiger partial charge in [0.1, 0.15) is 0 Å². The van der Waals surface area contributed by atoms with Crippen molar-refractivity contribution in [1.29, 1.82) is 0 Å². The van der Waals surface area contributed by atoms with Crippen LogP contribution in [-0.4, -0.2) is 31.7 Å². The number of hydrogen-bond donors (Lipinski definition) is 1. The molecule has 5 nitrogen and oxygen atoms in total. The van der Waals surface area contributed by atoms with Gasteiger partial charge in [-0.15, -0.1) is 0 Å². The number of carbonyl (C=O) groups is 1. The van der Waals surface area contributed by atoms with E-state index in [4.69, 9.17) is 0 Å². The van der Waals surface area contributed by atoms with E-state index in [9.17, 15) is 13.2 Å². The third-order valence-corrected chi connectivity index (χ3v) is 5.77. The largest absolute Gasteiger partial charge is 0.326 e. The number of rotatable bonds is 7. The maximum Gasteiger partial charge on any atom is 0.243 e. The average Bonchev–Trinajstić information content (AvgIpc) is 3.24. The van der Waals surface area contributed by atoms with Gasteiger partial charge in [-0.25, -0.2) is 8.42 Å². The zero-order valence-electron chi connectivity index (χ0n) is 13.4. The molecule has 2 rings (SSSR count). The number of benzene rings is 1. The molecule has 0 saturated heterocycles. The minimum absolute atomic E-state index is 0.212. The Hall–Kier alpha value is -1.40. The van der Waals surface area contributed by atoms with E-state index in [-0.39, 0.29) is 10.8 Å². The molecule has 1 aliphatic rings. The number of aryl methyl sites for hydroxylation is 1. The highest BCUT2D eigenvalue weighted by Gasteiger charge is 2.32. The van der Waals surface area contributed by atoms with Crippen molar-refractivity contribution >= 4 is 21.6 Å². The van der Waals surface area contributed by atoms with Crippen molar-refractivity contribution in [2.24, 2.45) is 5.92 Å². The van der Waals surface area contributed by atoms with Gasteiger partial charge >= 0.3 is 0 Å². The Bertz CT molecular complexity index is 651. The van der Waals surface area contributed by atoms with Crippen LogP contribution in [0.4, 0.5) is 5.69 Å². The van der Waals surface area contributed by atoms with Crippen LogP contribution in [0, 0.1) is 12.8 Å². The second-order valence-electron chi connectivity index (χ2n) is 5.97. The number of nitrogens with zero attached hydrogens (tertiary/aromatic N) is 1. The van der Waals surface area contributed by atoms with Gasteiger partial charge in [0.2, 0.25) is 15.9 Å². The van der Waals surface area contributed by atoms with Crippen LogP contribution in [-0.2, 0) is 14.8 Å². The van der Waals surface area contributed by atoms with Crippen molar-refractivity contribution in [3.63, 3.8) is 0 Å². The lowest BCUT2D eigenvalue weighted by Crippen LogP contribution is -2.34. The van der Waals surface area contributed by atoms with Gasteiger partial charge in [-0.1, -0.05) is 13.0 Å². The third kappa shape index (κ3) is 4.08. The van der Waals surface area contributed by atoms with E-state index >= 15 is 0 Å². The maximum atomic E-state index is 13.0. The standard InChI is InChI=1S/C16H24N2O3S/c1-4-9-18(11-14-6-7-14)22(20,21)16-10-15(17-13(3)19)8-5-12(16)2/h5,8,10,14H,4,6-7,9,11H2,1-3H3,(H,17,19). The summed E-state index contributed by atoms with van der Waals surface area (Å²) in [4.78, 5) is 11.5.